The van der Waals surface area contributed by atoms with Gasteiger partial charge in [0.05, 0.1) is 4.90 Å². The number of benzene rings is 2. The normalized spacial score (nSPS) is 19.4. The summed E-state index contributed by atoms with van der Waals surface area (Å²) in [5.74, 6) is 1.99. The van der Waals surface area contributed by atoms with Gasteiger partial charge in [0.25, 0.3) is 0 Å². The van der Waals surface area contributed by atoms with E-state index in [0.29, 0.717) is 4.90 Å². The van der Waals surface area contributed by atoms with Gasteiger partial charge in [-0.15, -0.1) is 0 Å². The number of rotatable bonds is 3. The van der Waals surface area contributed by atoms with Gasteiger partial charge >= 0.3 is 0 Å². The summed E-state index contributed by atoms with van der Waals surface area (Å²) < 4.78 is 22.6. The standard InChI is InChI=1S/C14H26N2.C11H10O2S/c1-12(2)16-10-6-14(7-11-16)13-4-8-15(3)9-5-13;1-14(12,13)11-7-6-9-4-2-3-5-10(9)8-11/h13-14H,1,4-11H2,2-3H3;2-8H,1H3. The molecule has 2 aromatic carbocycles. The first-order chi connectivity index (χ1) is 14.2. The molecule has 0 bridgehead atoms. The van der Waals surface area contributed by atoms with Crippen LogP contribution < -0.4 is 0 Å². The van der Waals surface area contributed by atoms with Gasteiger partial charge in [0.1, 0.15) is 0 Å². The highest BCUT2D eigenvalue weighted by atomic mass is 32.2. The number of piperidine rings is 2. The maximum Gasteiger partial charge on any atom is 0.175 e. The van der Waals surface area contributed by atoms with Crippen molar-refractivity contribution in [2.45, 2.75) is 37.5 Å². The van der Waals surface area contributed by atoms with Crippen LogP contribution in [-0.2, 0) is 9.84 Å². The Morgan fingerprint density at radius 2 is 1.43 bits per heavy atom. The third kappa shape index (κ3) is 6.08. The van der Waals surface area contributed by atoms with E-state index in [1.54, 1.807) is 12.1 Å². The zero-order valence-electron chi connectivity index (χ0n) is 18.7. The van der Waals surface area contributed by atoms with Crippen LogP contribution in [0.25, 0.3) is 10.8 Å². The summed E-state index contributed by atoms with van der Waals surface area (Å²) in [6.45, 7) is 11.3. The first-order valence-electron chi connectivity index (χ1n) is 11.0. The summed E-state index contributed by atoms with van der Waals surface area (Å²) >= 11 is 0. The smallest absolute Gasteiger partial charge is 0.175 e. The number of fused-ring (bicyclic) bond motifs is 1. The molecule has 0 aliphatic carbocycles. The van der Waals surface area contributed by atoms with E-state index in [9.17, 15) is 8.42 Å². The van der Waals surface area contributed by atoms with E-state index in [1.165, 1.54) is 63.8 Å². The third-order valence-corrected chi connectivity index (χ3v) is 7.77. The largest absolute Gasteiger partial charge is 0.376 e. The highest BCUT2D eigenvalue weighted by Gasteiger charge is 2.28. The lowest BCUT2D eigenvalue weighted by Gasteiger charge is -2.40. The van der Waals surface area contributed by atoms with E-state index in [2.05, 4.69) is 30.4 Å². The summed E-state index contributed by atoms with van der Waals surface area (Å²) in [5, 5.41) is 2.01. The highest BCUT2D eigenvalue weighted by molar-refractivity contribution is 7.90. The van der Waals surface area contributed by atoms with Crippen molar-refractivity contribution in [3.05, 3.63) is 54.7 Å². The summed E-state index contributed by atoms with van der Waals surface area (Å²) in [6.07, 6.45) is 6.85. The first kappa shape index (κ1) is 22.8. The molecule has 4 nitrogen and oxygen atoms in total. The van der Waals surface area contributed by atoms with Crippen LogP contribution in [0.4, 0.5) is 0 Å². The zero-order valence-corrected chi connectivity index (χ0v) is 19.5. The molecule has 2 heterocycles. The Balaban J connectivity index is 0.000000172. The van der Waals surface area contributed by atoms with Crippen LogP contribution in [0.1, 0.15) is 32.6 Å². The van der Waals surface area contributed by atoms with Crippen molar-refractivity contribution in [3.8, 4) is 0 Å². The number of hydrogen-bond acceptors (Lipinski definition) is 4. The van der Waals surface area contributed by atoms with Crippen LogP contribution in [0.3, 0.4) is 0 Å². The average Bonchev–Trinajstić information content (AvgIpc) is 2.74. The maximum absolute atomic E-state index is 11.3. The second-order valence-electron chi connectivity index (χ2n) is 8.98. The molecule has 30 heavy (non-hydrogen) atoms. The average molecular weight is 429 g/mol. The number of nitrogens with zero attached hydrogens (tertiary/aromatic N) is 2. The molecule has 0 aromatic heterocycles. The van der Waals surface area contributed by atoms with Crippen molar-refractivity contribution in [1.82, 2.24) is 9.80 Å². The van der Waals surface area contributed by atoms with Crippen molar-refractivity contribution in [3.63, 3.8) is 0 Å². The fraction of sp³-hybridized carbons (Fsp3) is 0.520. The molecule has 4 rings (SSSR count). The zero-order chi connectivity index (χ0) is 21.7. The van der Waals surface area contributed by atoms with Gasteiger partial charge in [0, 0.05) is 25.0 Å². The Bertz CT molecular complexity index is 954. The fourth-order valence-corrected chi connectivity index (χ4v) is 5.31. The topological polar surface area (TPSA) is 40.6 Å². The number of likely N-dealkylation sites (tertiary alicyclic amines) is 2. The molecule has 0 N–H and O–H groups in total. The van der Waals surface area contributed by atoms with Crippen LogP contribution in [-0.4, -0.2) is 57.7 Å². The molecule has 164 valence electrons. The lowest BCUT2D eigenvalue weighted by Crippen LogP contribution is -2.39. The van der Waals surface area contributed by atoms with Crippen molar-refractivity contribution >= 4 is 20.6 Å². The molecule has 0 saturated carbocycles. The predicted molar refractivity (Wildman–Crippen MR) is 126 cm³/mol. The predicted octanol–water partition coefficient (Wildman–Crippen LogP) is 4.82. The molecule has 5 heteroatoms. The molecule has 0 amide bonds. The quantitative estimate of drug-likeness (QED) is 0.703. The van der Waals surface area contributed by atoms with Crippen molar-refractivity contribution < 1.29 is 8.42 Å². The minimum Gasteiger partial charge on any atom is -0.376 e. The van der Waals surface area contributed by atoms with Crippen LogP contribution in [0.5, 0.6) is 0 Å². The molecule has 0 atom stereocenters. The summed E-state index contributed by atoms with van der Waals surface area (Å²) in [7, 11) is -0.844. The molecule has 2 saturated heterocycles. The lowest BCUT2D eigenvalue weighted by molar-refractivity contribution is 0.119. The van der Waals surface area contributed by atoms with Crippen LogP contribution >= 0.6 is 0 Å². The van der Waals surface area contributed by atoms with E-state index in [-0.39, 0.29) is 0 Å². The van der Waals surface area contributed by atoms with Gasteiger partial charge in [0.2, 0.25) is 0 Å². The SMILES string of the molecule is C=C(C)N1CCC(C2CCN(C)CC2)CC1.CS(=O)(=O)c1ccc2ccccc2c1. The summed E-state index contributed by atoms with van der Waals surface area (Å²) in [4.78, 5) is 5.29. The Morgan fingerprint density at radius 3 is 1.97 bits per heavy atom. The van der Waals surface area contributed by atoms with Crippen LogP contribution in [0, 0.1) is 11.8 Å². The Kier molecular flexibility index (Phi) is 7.59. The second kappa shape index (κ2) is 9.97. The van der Waals surface area contributed by atoms with E-state index in [1.807, 2.05) is 30.3 Å². The molecule has 0 spiro atoms. The molecule has 2 aliphatic heterocycles. The summed E-state index contributed by atoms with van der Waals surface area (Å²) in [6, 6.07) is 12.9. The number of allylic oxidation sites excluding steroid dienone is 1. The van der Waals surface area contributed by atoms with Gasteiger partial charge in [-0.25, -0.2) is 8.42 Å². The molecular weight excluding hydrogens is 392 g/mol. The fourth-order valence-electron chi connectivity index (χ4n) is 4.65. The molecular formula is C25H36N2O2S. The Morgan fingerprint density at radius 1 is 0.900 bits per heavy atom. The van der Waals surface area contributed by atoms with Gasteiger partial charge in [-0.3, -0.25) is 0 Å². The third-order valence-electron chi connectivity index (χ3n) is 6.66. The van der Waals surface area contributed by atoms with E-state index in [4.69, 9.17) is 0 Å². The van der Waals surface area contributed by atoms with Crippen LogP contribution in [0.15, 0.2) is 59.6 Å². The molecule has 2 aliphatic rings. The minimum absolute atomic E-state index is 0.371. The minimum atomic E-state index is -3.09. The first-order valence-corrected chi connectivity index (χ1v) is 12.9. The number of hydrogen-bond donors (Lipinski definition) is 0. The van der Waals surface area contributed by atoms with Gasteiger partial charge in [-0.05, 0) is 87.5 Å². The van der Waals surface area contributed by atoms with Crippen LogP contribution in [0.2, 0.25) is 0 Å². The Labute approximate surface area is 182 Å². The second-order valence-corrected chi connectivity index (χ2v) is 11.0. The highest BCUT2D eigenvalue weighted by Crippen LogP contribution is 2.32. The lowest BCUT2D eigenvalue weighted by atomic mass is 9.79. The van der Waals surface area contributed by atoms with Gasteiger partial charge < -0.3 is 9.80 Å². The van der Waals surface area contributed by atoms with Crippen molar-refractivity contribution in [1.29, 1.82) is 0 Å². The number of sulfone groups is 1. The van der Waals surface area contributed by atoms with E-state index in [0.717, 1.165) is 22.6 Å². The maximum atomic E-state index is 11.3. The molecule has 0 radical (unpaired) electrons. The Hall–Kier alpha value is -1.85. The van der Waals surface area contributed by atoms with Gasteiger partial charge in [0.15, 0.2) is 9.84 Å². The molecule has 2 aromatic rings. The van der Waals surface area contributed by atoms with E-state index < -0.39 is 9.84 Å². The van der Waals surface area contributed by atoms with Gasteiger partial charge in [-0.2, -0.15) is 0 Å². The van der Waals surface area contributed by atoms with E-state index >= 15 is 0 Å². The van der Waals surface area contributed by atoms with Crippen molar-refractivity contribution in [2.24, 2.45) is 11.8 Å². The van der Waals surface area contributed by atoms with Crippen molar-refractivity contribution in [2.75, 3.05) is 39.5 Å². The molecule has 2 fully saturated rings. The van der Waals surface area contributed by atoms with Gasteiger partial charge in [-0.1, -0.05) is 36.9 Å². The molecule has 0 unspecified atom stereocenters. The monoisotopic (exact) mass is 428 g/mol. The summed E-state index contributed by atoms with van der Waals surface area (Å²) in [5.41, 5.74) is 1.25.